The van der Waals surface area contributed by atoms with Gasteiger partial charge in [-0.2, -0.15) is 0 Å². The van der Waals surface area contributed by atoms with Gasteiger partial charge in [-0.3, -0.25) is 10.6 Å². The summed E-state index contributed by atoms with van der Waals surface area (Å²) in [5.41, 5.74) is 4.78. The van der Waals surface area contributed by atoms with E-state index in [1.165, 1.54) is 0 Å². The average Bonchev–Trinajstić information content (AvgIpc) is 2.42. The van der Waals surface area contributed by atoms with Crippen LogP contribution in [0, 0.1) is 12.8 Å². The topological polar surface area (TPSA) is 76.4 Å². The second-order valence-corrected chi connectivity index (χ2v) is 5.18. The molecule has 0 aliphatic heterocycles. The Morgan fingerprint density at radius 3 is 2.65 bits per heavy atom. The highest BCUT2D eigenvalue weighted by atomic mass is 16.5. The Labute approximate surface area is 120 Å². The standard InChI is InChI=1S/C15H25N3O2/c1-5-20-9-14(10(2)3)17-15(19)12-7-6-11(4)8-13(12)18-16/h6-8,10,14,18H,5,9,16H2,1-4H3,(H,17,19). The molecule has 20 heavy (non-hydrogen) atoms. The van der Waals surface area contributed by atoms with Crippen molar-refractivity contribution in [2.75, 3.05) is 18.6 Å². The minimum atomic E-state index is -0.142. The molecular formula is C15H25N3O2. The maximum absolute atomic E-state index is 12.4. The third-order valence-electron chi connectivity index (χ3n) is 3.20. The van der Waals surface area contributed by atoms with Gasteiger partial charge >= 0.3 is 0 Å². The second-order valence-electron chi connectivity index (χ2n) is 5.18. The molecule has 0 saturated heterocycles. The molecule has 0 radical (unpaired) electrons. The van der Waals surface area contributed by atoms with Crippen molar-refractivity contribution in [1.29, 1.82) is 0 Å². The van der Waals surface area contributed by atoms with Gasteiger partial charge in [0.1, 0.15) is 0 Å². The normalized spacial score (nSPS) is 12.3. The highest BCUT2D eigenvalue weighted by Crippen LogP contribution is 2.17. The van der Waals surface area contributed by atoms with E-state index in [0.29, 0.717) is 30.4 Å². The van der Waals surface area contributed by atoms with E-state index in [-0.39, 0.29) is 11.9 Å². The lowest BCUT2D eigenvalue weighted by Crippen LogP contribution is -2.42. The molecule has 5 heteroatoms. The molecule has 0 fully saturated rings. The van der Waals surface area contributed by atoms with Crippen LogP contribution in [0.5, 0.6) is 0 Å². The maximum Gasteiger partial charge on any atom is 0.253 e. The zero-order valence-corrected chi connectivity index (χ0v) is 12.7. The number of hydrazine groups is 1. The number of hydrogen-bond acceptors (Lipinski definition) is 4. The number of hydrogen-bond donors (Lipinski definition) is 3. The third kappa shape index (κ3) is 4.51. The van der Waals surface area contributed by atoms with Gasteiger partial charge in [0.15, 0.2) is 0 Å². The summed E-state index contributed by atoms with van der Waals surface area (Å²) in [6.07, 6.45) is 0. The van der Waals surface area contributed by atoms with Crippen LogP contribution in [0.2, 0.25) is 0 Å². The summed E-state index contributed by atoms with van der Waals surface area (Å²) in [5, 5.41) is 3.00. The van der Waals surface area contributed by atoms with E-state index in [0.717, 1.165) is 5.56 Å². The predicted molar refractivity (Wildman–Crippen MR) is 81.6 cm³/mol. The van der Waals surface area contributed by atoms with E-state index in [1.807, 2.05) is 26.0 Å². The van der Waals surface area contributed by atoms with Gasteiger partial charge in [-0.15, -0.1) is 0 Å². The molecule has 0 heterocycles. The van der Waals surface area contributed by atoms with Crippen LogP contribution >= 0.6 is 0 Å². The fraction of sp³-hybridized carbons (Fsp3) is 0.533. The summed E-state index contributed by atoms with van der Waals surface area (Å²) >= 11 is 0. The van der Waals surface area contributed by atoms with E-state index >= 15 is 0 Å². The van der Waals surface area contributed by atoms with Crippen LogP contribution in [0.1, 0.15) is 36.7 Å². The van der Waals surface area contributed by atoms with Crippen molar-refractivity contribution >= 4 is 11.6 Å². The first-order valence-corrected chi connectivity index (χ1v) is 6.95. The number of anilines is 1. The first-order chi connectivity index (χ1) is 9.49. The molecule has 0 aromatic heterocycles. The molecule has 0 bridgehead atoms. The first kappa shape index (κ1) is 16.5. The minimum Gasteiger partial charge on any atom is -0.380 e. The van der Waals surface area contributed by atoms with E-state index < -0.39 is 0 Å². The highest BCUT2D eigenvalue weighted by Gasteiger charge is 2.19. The van der Waals surface area contributed by atoms with Crippen LogP contribution in [0.25, 0.3) is 0 Å². The van der Waals surface area contributed by atoms with Gasteiger partial charge in [0.25, 0.3) is 5.91 Å². The second kappa shape index (κ2) is 7.87. The average molecular weight is 279 g/mol. The van der Waals surface area contributed by atoms with Gasteiger partial charge in [0.2, 0.25) is 0 Å². The molecule has 0 aliphatic rings. The largest absolute Gasteiger partial charge is 0.380 e. The number of ether oxygens (including phenoxy) is 1. The molecule has 1 rings (SSSR count). The molecule has 1 unspecified atom stereocenters. The lowest BCUT2D eigenvalue weighted by molar-refractivity contribution is 0.0807. The van der Waals surface area contributed by atoms with E-state index in [2.05, 4.69) is 24.6 Å². The zero-order valence-electron chi connectivity index (χ0n) is 12.7. The molecule has 4 N–H and O–H groups in total. The molecule has 1 aromatic rings. The van der Waals surface area contributed by atoms with Crippen molar-refractivity contribution in [3.63, 3.8) is 0 Å². The van der Waals surface area contributed by atoms with Crippen molar-refractivity contribution < 1.29 is 9.53 Å². The molecule has 1 atom stereocenters. The smallest absolute Gasteiger partial charge is 0.253 e. The van der Waals surface area contributed by atoms with E-state index in [1.54, 1.807) is 6.07 Å². The number of nitrogen functional groups attached to an aromatic ring is 1. The fourth-order valence-electron chi connectivity index (χ4n) is 1.87. The van der Waals surface area contributed by atoms with Crippen molar-refractivity contribution in [3.05, 3.63) is 29.3 Å². The maximum atomic E-state index is 12.4. The summed E-state index contributed by atoms with van der Waals surface area (Å²) in [4.78, 5) is 12.4. The summed E-state index contributed by atoms with van der Waals surface area (Å²) < 4.78 is 5.41. The van der Waals surface area contributed by atoms with Crippen LogP contribution in [0.3, 0.4) is 0 Å². The Morgan fingerprint density at radius 1 is 1.40 bits per heavy atom. The Hall–Kier alpha value is -1.59. The van der Waals surface area contributed by atoms with Crippen molar-refractivity contribution in [3.8, 4) is 0 Å². The minimum absolute atomic E-state index is 0.0191. The van der Waals surface area contributed by atoms with Gasteiger partial charge in [-0.05, 0) is 37.5 Å². The number of amides is 1. The lowest BCUT2D eigenvalue weighted by atomic mass is 10.0. The number of nitrogens with two attached hydrogens (primary N) is 1. The fourth-order valence-corrected chi connectivity index (χ4v) is 1.87. The van der Waals surface area contributed by atoms with Crippen LogP contribution in [0.15, 0.2) is 18.2 Å². The van der Waals surface area contributed by atoms with Gasteiger partial charge in [-0.1, -0.05) is 19.9 Å². The molecule has 0 saturated carbocycles. The quantitative estimate of drug-likeness (QED) is 0.527. The predicted octanol–water partition coefficient (Wildman–Crippen LogP) is 2.07. The van der Waals surface area contributed by atoms with Crippen LogP contribution in [0.4, 0.5) is 5.69 Å². The van der Waals surface area contributed by atoms with Crippen LogP contribution < -0.4 is 16.6 Å². The SMILES string of the molecule is CCOCC(NC(=O)c1ccc(C)cc1NN)C(C)C. The Kier molecular flexibility index (Phi) is 6.48. The van der Waals surface area contributed by atoms with Crippen LogP contribution in [-0.4, -0.2) is 25.2 Å². The van der Waals surface area contributed by atoms with Crippen LogP contribution in [-0.2, 0) is 4.74 Å². The molecule has 0 aliphatic carbocycles. The summed E-state index contributed by atoms with van der Waals surface area (Å²) in [5.74, 6) is 5.63. The highest BCUT2D eigenvalue weighted by molar-refractivity contribution is 5.99. The zero-order chi connectivity index (χ0) is 15.1. The number of benzene rings is 1. The number of carbonyl (C=O) groups is 1. The Morgan fingerprint density at radius 2 is 2.10 bits per heavy atom. The van der Waals surface area contributed by atoms with E-state index in [9.17, 15) is 4.79 Å². The molecule has 1 aromatic carbocycles. The number of aryl methyl sites for hydroxylation is 1. The Balaban J connectivity index is 2.83. The third-order valence-corrected chi connectivity index (χ3v) is 3.20. The molecular weight excluding hydrogens is 254 g/mol. The summed E-state index contributed by atoms with van der Waals surface area (Å²) in [6, 6.07) is 5.50. The number of rotatable bonds is 7. The van der Waals surface area contributed by atoms with Crippen molar-refractivity contribution in [1.82, 2.24) is 5.32 Å². The van der Waals surface area contributed by atoms with Gasteiger partial charge in [0.05, 0.1) is 23.9 Å². The van der Waals surface area contributed by atoms with Gasteiger partial charge in [0, 0.05) is 6.61 Å². The van der Waals surface area contributed by atoms with E-state index in [4.69, 9.17) is 10.6 Å². The molecule has 112 valence electrons. The number of carbonyl (C=O) groups excluding carboxylic acids is 1. The molecule has 1 amide bonds. The monoisotopic (exact) mass is 279 g/mol. The summed E-state index contributed by atoms with van der Waals surface area (Å²) in [6.45, 7) is 9.16. The van der Waals surface area contributed by atoms with Crippen molar-refractivity contribution in [2.24, 2.45) is 11.8 Å². The lowest BCUT2D eigenvalue weighted by Gasteiger charge is -2.22. The number of nitrogens with one attached hydrogen (secondary N) is 2. The molecule has 5 nitrogen and oxygen atoms in total. The Bertz CT molecular complexity index is 447. The first-order valence-electron chi connectivity index (χ1n) is 6.95. The summed E-state index contributed by atoms with van der Waals surface area (Å²) in [7, 11) is 0. The van der Waals surface area contributed by atoms with Gasteiger partial charge < -0.3 is 15.5 Å². The van der Waals surface area contributed by atoms with Crippen molar-refractivity contribution in [2.45, 2.75) is 33.7 Å². The van der Waals surface area contributed by atoms with Gasteiger partial charge in [-0.25, -0.2) is 0 Å². The molecule has 0 spiro atoms.